The third kappa shape index (κ3) is 1.11. The van der Waals surface area contributed by atoms with Gasteiger partial charge in [-0.15, -0.1) is 0 Å². The van der Waals surface area contributed by atoms with E-state index in [9.17, 15) is 14.0 Å². The Morgan fingerprint density at radius 1 is 1.31 bits per heavy atom. The second-order valence-corrected chi connectivity index (χ2v) is 2.80. The maximum Gasteiger partial charge on any atom is 0.296 e. The highest BCUT2D eigenvalue weighted by Gasteiger charge is 2.27. The van der Waals surface area contributed by atoms with Crippen LogP contribution in [0.2, 0.25) is 0 Å². The lowest BCUT2D eigenvalue weighted by atomic mass is 10.1. The molecule has 1 heterocycles. The average molecular weight is 179 g/mol. The van der Waals surface area contributed by atoms with Gasteiger partial charge in [-0.3, -0.25) is 9.59 Å². The van der Waals surface area contributed by atoms with E-state index in [2.05, 4.69) is 5.32 Å². The van der Waals surface area contributed by atoms with Crippen LogP contribution in [0.4, 0.5) is 10.1 Å². The molecule has 13 heavy (non-hydrogen) atoms. The van der Waals surface area contributed by atoms with Gasteiger partial charge < -0.3 is 5.32 Å². The summed E-state index contributed by atoms with van der Waals surface area (Å²) in [5.74, 6) is -1.20. The zero-order valence-electron chi connectivity index (χ0n) is 6.63. The highest BCUT2D eigenvalue weighted by Crippen LogP contribution is 2.24. The molecule has 0 aromatic heterocycles. The summed E-state index contributed by atoms with van der Waals surface area (Å²) < 4.78 is 12.2. The Hall–Kier alpha value is -1.71. The first kappa shape index (κ1) is 7.91. The number of anilines is 1. The SMILES string of the molecule is O=C1Nc2cc(CF)ccc2C1=O. The zero-order valence-corrected chi connectivity index (χ0v) is 6.63. The summed E-state index contributed by atoms with van der Waals surface area (Å²) in [5.41, 5.74) is 1.18. The van der Waals surface area contributed by atoms with Crippen molar-refractivity contribution in [1.82, 2.24) is 0 Å². The van der Waals surface area contributed by atoms with Gasteiger partial charge in [0, 0.05) is 0 Å². The van der Waals surface area contributed by atoms with Crippen molar-refractivity contribution >= 4 is 17.4 Å². The fraction of sp³-hybridized carbons (Fsp3) is 0.111. The molecule has 4 heteroatoms. The molecule has 2 rings (SSSR count). The van der Waals surface area contributed by atoms with Crippen LogP contribution in [0.15, 0.2) is 18.2 Å². The van der Waals surface area contributed by atoms with Crippen molar-refractivity contribution in [2.45, 2.75) is 6.67 Å². The van der Waals surface area contributed by atoms with E-state index < -0.39 is 18.4 Å². The van der Waals surface area contributed by atoms with Crippen LogP contribution in [0.25, 0.3) is 0 Å². The number of hydrogen-bond donors (Lipinski definition) is 1. The molecule has 0 aliphatic carbocycles. The van der Waals surface area contributed by atoms with Crippen molar-refractivity contribution in [1.29, 1.82) is 0 Å². The Balaban J connectivity index is 2.52. The lowest BCUT2D eigenvalue weighted by Gasteiger charge is -1.98. The average Bonchev–Trinajstić information content (AvgIpc) is 2.42. The summed E-state index contributed by atoms with van der Waals surface area (Å²) in [4.78, 5) is 22.0. The van der Waals surface area contributed by atoms with Crippen LogP contribution in [0, 0.1) is 0 Å². The van der Waals surface area contributed by atoms with Gasteiger partial charge in [0.25, 0.3) is 11.7 Å². The number of fused-ring (bicyclic) bond motifs is 1. The first-order chi connectivity index (χ1) is 6.22. The van der Waals surface area contributed by atoms with E-state index in [0.717, 1.165) is 0 Å². The smallest absolute Gasteiger partial charge is 0.296 e. The molecule has 1 aromatic carbocycles. The van der Waals surface area contributed by atoms with Crippen LogP contribution in [-0.4, -0.2) is 11.7 Å². The van der Waals surface area contributed by atoms with Crippen LogP contribution < -0.4 is 5.32 Å². The topological polar surface area (TPSA) is 46.2 Å². The highest BCUT2D eigenvalue weighted by atomic mass is 19.1. The quantitative estimate of drug-likeness (QED) is 0.660. The molecule has 1 amide bonds. The van der Waals surface area contributed by atoms with Crippen molar-refractivity contribution in [3.8, 4) is 0 Å². The molecule has 0 atom stereocenters. The first-order valence-corrected chi connectivity index (χ1v) is 3.77. The minimum absolute atomic E-state index is 0.321. The van der Waals surface area contributed by atoms with Crippen LogP contribution in [0.5, 0.6) is 0 Å². The van der Waals surface area contributed by atoms with E-state index in [0.29, 0.717) is 16.8 Å². The van der Waals surface area contributed by atoms with Gasteiger partial charge in [-0.25, -0.2) is 4.39 Å². The predicted octanol–water partition coefficient (Wildman–Crippen LogP) is 1.29. The van der Waals surface area contributed by atoms with Crippen molar-refractivity contribution in [3.05, 3.63) is 29.3 Å². The van der Waals surface area contributed by atoms with E-state index in [1.807, 2.05) is 0 Å². The van der Waals surface area contributed by atoms with E-state index in [1.165, 1.54) is 18.2 Å². The molecule has 1 N–H and O–H groups in total. The number of carbonyl (C=O) groups excluding carboxylic acids is 2. The number of carbonyl (C=O) groups is 2. The summed E-state index contributed by atoms with van der Waals surface area (Å²) in [7, 11) is 0. The Morgan fingerprint density at radius 2 is 2.08 bits per heavy atom. The van der Waals surface area contributed by atoms with Crippen LogP contribution in [0.1, 0.15) is 15.9 Å². The number of hydrogen-bond acceptors (Lipinski definition) is 2. The van der Waals surface area contributed by atoms with Gasteiger partial charge in [0.2, 0.25) is 0 Å². The maximum absolute atomic E-state index is 12.2. The Bertz CT molecular complexity index is 401. The summed E-state index contributed by atoms with van der Waals surface area (Å²) in [6.07, 6.45) is 0. The van der Waals surface area contributed by atoms with Crippen molar-refractivity contribution in [2.75, 3.05) is 5.32 Å². The van der Waals surface area contributed by atoms with E-state index in [1.54, 1.807) is 0 Å². The Kier molecular flexibility index (Phi) is 1.62. The van der Waals surface area contributed by atoms with Gasteiger partial charge in [-0.05, 0) is 17.7 Å². The van der Waals surface area contributed by atoms with Gasteiger partial charge in [0.15, 0.2) is 0 Å². The van der Waals surface area contributed by atoms with E-state index >= 15 is 0 Å². The van der Waals surface area contributed by atoms with Gasteiger partial charge in [0.1, 0.15) is 6.67 Å². The van der Waals surface area contributed by atoms with Gasteiger partial charge in [-0.1, -0.05) is 6.07 Å². The monoisotopic (exact) mass is 179 g/mol. The molecule has 0 saturated heterocycles. The lowest BCUT2D eigenvalue weighted by Crippen LogP contribution is -2.12. The summed E-state index contributed by atoms with van der Waals surface area (Å²) >= 11 is 0. The van der Waals surface area contributed by atoms with Crippen molar-refractivity contribution in [3.63, 3.8) is 0 Å². The highest BCUT2D eigenvalue weighted by molar-refractivity contribution is 6.51. The Labute approximate surface area is 73.6 Å². The molecule has 0 unspecified atom stereocenters. The molecule has 3 nitrogen and oxygen atoms in total. The minimum atomic E-state index is -0.647. The fourth-order valence-electron chi connectivity index (χ4n) is 1.28. The van der Waals surface area contributed by atoms with Crippen LogP contribution >= 0.6 is 0 Å². The number of ketones is 1. The predicted molar refractivity (Wildman–Crippen MR) is 44.2 cm³/mol. The lowest BCUT2D eigenvalue weighted by molar-refractivity contribution is -0.112. The molecular formula is C9H6FNO2. The largest absolute Gasteiger partial charge is 0.318 e. The number of rotatable bonds is 1. The number of benzene rings is 1. The molecule has 1 aromatic rings. The molecule has 0 saturated carbocycles. The maximum atomic E-state index is 12.2. The van der Waals surface area contributed by atoms with Gasteiger partial charge in [0.05, 0.1) is 11.3 Å². The number of alkyl halides is 1. The molecule has 0 radical (unpaired) electrons. The number of halogens is 1. The molecule has 0 spiro atoms. The third-order valence-corrected chi connectivity index (χ3v) is 1.94. The number of amides is 1. The molecule has 0 fully saturated rings. The van der Waals surface area contributed by atoms with E-state index in [4.69, 9.17) is 0 Å². The van der Waals surface area contributed by atoms with Gasteiger partial charge in [-0.2, -0.15) is 0 Å². The Morgan fingerprint density at radius 3 is 2.77 bits per heavy atom. The van der Waals surface area contributed by atoms with Crippen LogP contribution in [-0.2, 0) is 11.5 Å². The van der Waals surface area contributed by atoms with Crippen molar-refractivity contribution in [2.24, 2.45) is 0 Å². The second kappa shape index (κ2) is 2.65. The number of nitrogens with one attached hydrogen (secondary N) is 1. The molecular weight excluding hydrogens is 173 g/mol. The second-order valence-electron chi connectivity index (χ2n) is 2.80. The molecule has 1 aliphatic rings. The summed E-state index contributed by atoms with van der Waals surface area (Å²) in [6, 6.07) is 4.43. The molecule has 1 aliphatic heterocycles. The van der Waals surface area contributed by atoms with Crippen LogP contribution in [0.3, 0.4) is 0 Å². The molecule has 0 bridgehead atoms. The standard InChI is InChI=1S/C9H6FNO2/c10-4-5-1-2-6-7(3-5)11-9(13)8(6)12/h1-3H,4H2,(H,11,12,13). The van der Waals surface area contributed by atoms with Gasteiger partial charge >= 0.3 is 0 Å². The normalized spacial score (nSPS) is 14.2. The summed E-state index contributed by atoms with van der Waals surface area (Å²) in [5, 5.41) is 2.37. The molecule has 66 valence electrons. The van der Waals surface area contributed by atoms with Crippen molar-refractivity contribution < 1.29 is 14.0 Å². The number of Topliss-reactive ketones (excluding diaryl/α,β-unsaturated/α-hetero) is 1. The third-order valence-electron chi connectivity index (χ3n) is 1.94. The fourth-order valence-corrected chi connectivity index (χ4v) is 1.28. The first-order valence-electron chi connectivity index (χ1n) is 3.77. The summed E-state index contributed by atoms with van der Waals surface area (Å²) in [6.45, 7) is -0.600. The minimum Gasteiger partial charge on any atom is -0.318 e. The zero-order chi connectivity index (χ0) is 9.42. The van der Waals surface area contributed by atoms with E-state index in [-0.39, 0.29) is 0 Å².